The number of benzene rings is 2. The number of nitrogens with zero attached hydrogens (tertiary/aromatic N) is 1. The molecule has 0 radical (unpaired) electrons. The van der Waals surface area contributed by atoms with E-state index >= 15 is 0 Å². The highest BCUT2D eigenvalue weighted by atomic mass is 16.5. The molecule has 134 valence electrons. The summed E-state index contributed by atoms with van der Waals surface area (Å²) in [5, 5.41) is 3.78. The summed E-state index contributed by atoms with van der Waals surface area (Å²) in [5.74, 6) is 1.84. The van der Waals surface area contributed by atoms with Gasteiger partial charge in [0.1, 0.15) is 29.4 Å². The average molecular weight is 352 g/mol. The molecule has 0 fully saturated rings. The molecule has 1 amide bonds. The second-order valence-electron chi connectivity index (χ2n) is 5.49. The van der Waals surface area contributed by atoms with Crippen molar-refractivity contribution in [3.05, 3.63) is 60.8 Å². The molecule has 0 unspecified atom stereocenters. The van der Waals surface area contributed by atoms with Gasteiger partial charge < -0.3 is 19.5 Å². The zero-order valence-corrected chi connectivity index (χ0v) is 14.5. The molecule has 0 spiro atoms. The van der Waals surface area contributed by atoms with E-state index < -0.39 is 0 Å². The molecule has 0 aliphatic heterocycles. The van der Waals surface area contributed by atoms with Crippen molar-refractivity contribution in [3.63, 3.8) is 0 Å². The highest BCUT2D eigenvalue weighted by molar-refractivity contribution is 5.84. The Labute approximate surface area is 151 Å². The predicted molar refractivity (Wildman–Crippen MR) is 98.7 cm³/mol. The first-order chi connectivity index (χ1) is 12.8. The minimum Gasteiger partial charge on any atom is -0.497 e. The molecule has 3 aromatic rings. The minimum absolute atomic E-state index is 0.0534. The number of amides is 1. The van der Waals surface area contributed by atoms with Crippen molar-refractivity contribution in [2.75, 3.05) is 26.9 Å². The van der Waals surface area contributed by atoms with Crippen LogP contribution in [0.5, 0.6) is 17.2 Å². The molecule has 0 saturated carbocycles. The number of hydrogen-bond donors (Lipinski definition) is 1. The van der Waals surface area contributed by atoms with Crippen LogP contribution in [0, 0.1) is 0 Å². The topological polar surface area (TPSA) is 69.7 Å². The van der Waals surface area contributed by atoms with Gasteiger partial charge in [0, 0.05) is 11.6 Å². The van der Waals surface area contributed by atoms with Crippen LogP contribution in [0.25, 0.3) is 10.9 Å². The van der Waals surface area contributed by atoms with Gasteiger partial charge in [-0.15, -0.1) is 0 Å². The molecule has 0 atom stereocenters. The van der Waals surface area contributed by atoms with E-state index in [9.17, 15) is 4.79 Å². The Hall–Kier alpha value is -3.28. The van der Waals surface area contributed by atoms with Gasteiger partial charge in [0.15, 0.2) is 6.61 Å². The number of ether oxygens (including phenoxy) is 3. The van der Waals surface area contributed by atoms with Crippen molar-refractivity contribution in [1.82, 2.24) is 10.3 Å². The van der Waals surface area contributed by atoms with Gasteiger partial charge in [0.05, 0.1) is 13.7 Å². The Balaban J connectivity index is 1.40. The number of pyridine rings is 1. The molecule has 0 aliphatic carbocycles. The molecule has 0 aliphatic rings. The summed E-state index contributed by atoms with van der Waals surface area (Å²) in [4.78, 5) is 16.2. The number of aromatic nitrogens is 1. The quantitative estimate of drug-likeness (QED) is 0.631. The van der Waals surface area contributed by atoms with Gasteiger partial charge in [-0.1, -0.05) is 18.2 Å². The van der Waals surface area contributed by atoms with Crippen LogP contribution in [-0.2, 0) is 4.79 Å². The molecule has 1 aromatic heterocycles. The number of carbonyl (C=O) groups excluding carboxylic acids is 1. The highest BCUT2D eigenvalue weighted by Crippen LogP contribution is 2.22. The molecule has 2 aromatic carbocycles. The Morgan fingerprint density at radius 2 is 1.77 bits per heavy atom. The number of rotatable bonds is 8. The largest absolute Gasteiger partial charge is 0.497 e. The molecule has 0 saturated heterocycles. The first-order valence-corrected chi connectivity index (χ1v) is 8.26. The monoisotopic (exact) mass is 352 g/mol. The lowest BCUT2D eigenvalue weighted by atomic mass is 10.2. The summed E-state index contributed by atoms with van der Waals surface area (Å²) >= 11 is 0. The number of carbonyl (C=O) groups is 1. The van der Waals surface area contributed by atoms with E-state index in [0.29, 0.717) is 24.7 Å². The first kappa shape index (κ1) is 17.5. The fourth-order valence-corrected chi connectivity index (χ4v) is 2.42. The van der Waals surface area contributed by atoms with E-state index in [0.717, 1.165) is 16.7 Å². The Kier molecular flexibility index (Phi) is 5.88. The molecule has 1 heterocycles. The fourth-order valence-electron chi connectivity index (χ4n) is 2.42. The fraction of sp³-hybridized carbons (Fsp3) is 0.200. The summed E-state index contributed by atoms with van der Waals surface area (Å²) in [6.45, 7) is 0.681. The zero-order valence-electron chi connectivity index (χ0n) is 14.5. The normalized spacial score (nSPS) is 10.3. The zero-order chi connectivity index (χ0) is 18.2. The van der Waals surface area contributed by atoms with Crippen molar-refractivity contribution < 1.29 is 19.0 Å². The van der Waals surface area contributed by atoms with E-state index in [1.54, 1.807) is 37.6 Å². The third-order valence-corrected chi connectivity index (χ3v) is 3.71. The van der Waals surface area contributed by atoms with E-state index in [4.69, 9.17) is 14.2 Å². The molecular formula is C20H20N2O4. The first-order valence-electron chi connectivity index (χ1n) is 8.26. The minimum atomic E-state index is -0.208. The van der Waals surface area contributed by atoms with E-state index in [1.165, 1.54) is 0 Å². The SMILES string of the molecule is COc1ccc(OCC(=O)NCCOc2cccc3cccnc23)cc1. The van der Waals surface area contributed by atoms with Gasteiger partial charge in [-0.3, -0.25) is 9.78 Å². The number of para-hydroxylation sites is 1. The number of hydrogen-bond acceptors (Lipinski definition) is 5. The van der Waals surface area contributed by atoms with Gasteiger partial charge in [-0.05, 0) is 36.4 Å². The summed E-state index contributed by atoms with van der Waals surface area (Å²) < 4.78 is 16.2. The van der Waals surface area contributed by atoms with Crippen molar-refractivity contribution in [3.8, 4) is 17.2 Å². The van der Waals surface area contributed by atoms with Gasteiger partial charge in [-0.25, -0.2) is 0 Å². The van der Waals surface area contributed by atoms with Gasteiger partial charge in [0.2, 0.25) is 0 Å². The van der Waals surface area contributed by atoms with Crippen LogP contribution >= 0.6 is 0 Å². The Morgan fingerprint density at radius 1 is 1.00 bits per heavy atom. The van der Waals surface area contributed by atoms with Crippen molar-refractivity contribution >= 4 is 16.8 Å². The summed E-state index contributed by atoms with van der Waals surface area (Å²) in [7, 11) is 1.60. The van der Waals surface area contributed by atoms with Crippen LogP contribution in [0.3, 0.4) is 0 Å². The third kappa shape index (κ3) is 4.63. The molecule has 0 bridgehead atoms. The van der Waals surface area contributed by atoms with Crippen molar-refractivity contribution in [2.45, 2.75) is 0 Å². The van der Waals surface area contributed by atoms with Crippen LogP contribution in [0.1, 0.15) is 0 Å². The maximum absolute atomic E-state index is 11.8. The second kappa shape index (κ2) is 8.71. The highest BCUT2D eigenvalue weighted by Gasteiger charge is 2.05. The van der Waals surface area contributed by atoms with E-state index in [-0.39, 0.29) is 12.5 Å². The standard InChI is InChI=1S/C20H20N2O4/c1-24-16-7-9-17(10-8-16)26-14-19(23)21-12-13-25-18-6-2-4-15-5-3-11-22-20(15)18/h2-11H,12-14H2,1H3,(H,21,23). The molecule has 6 nitrogen and oxygen atoms in total. The maximum Gasteiger partial charge on any atom is 0.258 e. The number of nitrogens with one attached hydrogen (secondary N) is 1. The van der Waals surface area contributed by atoms with Crippen LogP contribution in [-0.4, -0.2) is 37.8 Å². The molecule has 6 heteroatoms. The molecule has 3 rings (SSSR count). The number of methoxy groups -OCH3 is 1. The van der Waals surface area contributed by atoms with Crippen molar-refractivity contribution in [1.29, 1.82) is 0 Å². The molecule has 1 N–H and O–H groups in total. The lowest BCUT2D eigenvalue weighted by Gasteiger charge is -2.10. The lowest BCUT2D eigenvalue weighted by molar-refractivity contribution is -0.123. The Morgan fingerprint density at radius 3 is 2.58 bits per heavy atom. The molecule has 26 heavy (non-hydrogen) atoms. The molecular weight excluding hydrogens is 332 g/mol. The predicted octanol–water partition coefficient (Wildman–Crippen LogP) is 2.82. The van der Waals surface area contributed by atoms with Gasteiger partial charge in [0.25, 0.3) is 5.91 Å². The van der Waals surface area contributed by atoms with Crippen molar-refractivity contribution in [2.24, 2.45) is 0 Å². The maximum atomic E-state index is 11.8. The van der Waals surface area contributed by atoms with Gasteiger partial charge in [-0.2, -0.15) is 0 Å². The third-order valence-electron chi connectivity index (χ3n) is 3.71. The smallest absolute Gasteiger partial charge is 0.258 e. The second-order valence-corrected chi connectivity index (χ2v) is 5.49. The van der Waals surface area contributed by atoms with E-state index in [2.05, 4.69) is 10.3 Å². The van der Waals surface area contributed by atoms with Crippen LogP contribution in [0.4, 0.5) is 0 Å². The Bertz CT molecular complexity index is 860. The summed E-state index contributed by atoms with van der Waals surface area (Å²) in [6, 6.07) is 16.7. The number of fused-ring (bicyclic) bond motifs is 1. The van der Waals surface area contributed by atoms with E-state index in [1.807, 2.05) is 30.3 Å². The van der Waals surface area contributed by atoms with Crippen LogP contribution in [0.15, 0.2) is 60.8 Å². The van der Waals surface area contributed by atoms with Crippen LogP contribution in [0.2, 0.25) is 0 Å². The van der Waals surface area contributed by atoms with Gasteiger partial charge >= 0.3 is 0 Å². The van der Waals surface area contributed by atoms with Crippen LogP contribution < -0.4 is 19.5 Å². The average Bonchev–Trinajstić information content (AvgIpc) is 2.70. The summed E-state index contributed by atoms with van der Waals surface area (Å²) in [6.07, 6.45) is 1.73. The lowest BCUT2D eigenvalue weighted by Crippen LogP contribution is -2.32. The summed E-state index contributed by atoms with van der Waals surface area (Å²) in [5.41, 5.74) is 0.809.